The second kappa shape index (κ2) is 4.96. The molecule has 1 aromatic heterocycles. The lowest BCUT2D eigenvalue weighted by atomic mass is 10.2. The minimum absolute atomic E-state index is 0.00817. The summed E-state index contributed by atoms with van der Waals surface area (Å²) in [5, 5.41) is 7.95. The van der Waals surface area contributed by atoms with Crippen LogP contribution in [-0.2, 0) is 11.8 Å². The summed E-state index contributed by atoms with van der Waals surface area (Å²) < 4.78 is 1.71. The maximum Gasteiger partial charge on any atom is 0.275 e. The van der Waals surface area contributed by atoms with Crippen molar-refractivity contribution in [3.63, 3.8) is 0 Å². The zero-order chi connectivity index (χ0) is 14.1. The third-order valence-corrected chi connectivity index (χ3v) is 3.56. The Morgan fingerprint density at radius 2 is 2.10 bits per heavy atom. The number of nitrogens with zero attached hydrogens (tertiary/aromatic N) is 3. The molecule has 6 nitrogen and oxygen atoms in total. The van der Waals surface area contributed by atoms with Crippen LogP contribution in [0, 0.1) is 0 Å². The van der Waals surface area contributed by atoms with E-state index in [1.54, 1.807) is 9.58 Å². The van der Waals surface area contributed by atoms with Gasteiger partial charge in [0.25, 0.3) is 5.91 Å². The maximum atomic E-state index is 12.6. The molecule has 2 heterocycles. The molecule has 2 amide bonds. The highest BCUT2D eigenvalue weighted by Gasteiger charge is 2.23. The quantitative estimate of drug-likeness (QED) is 0.823. The number of nitrogens with one attached hydrogen (secondary N) is 1. The van der Waals surface area contributed by atoms with E-state index >= 15 is 0 Å². The predicted molar refractivity (Wildman–Crippen MR) is 74.2 cm³/mol. The Bertz CT molecular complexity index is 677. The highest BCUT2D eigenvalue weighted by atomic mass is 16.2. The monoisotopic (exact) mass is 272 g/mol. The number of aromatic nitrogens is 2. The smallest absolute Gasteiger partial charge is 0.275 e. The Morgan fingerprint density at radius 3 is 2.95 bits per heavy atom. The third-order valence-electron chi connectivity index (χ3n) is 3.56. The average Bonchev–Trinajstić information content (AvgIpc) is 2.64. The lowest BCUT2D eigenvalue weighted by molar-refractivity contribution is -0.120. The van der Waals surface area contributed by atoms with Crippen molar-refractivity contribution >= 4 is 22.7 Å². The van der Waals surface area contributed by atoms with Gasteiger partial charge in [-0.15, -0.1) is 0 Å². The van der Waals surface area contributed by atoms with E-state index in [-0.39, 0.29) is 11.8 Å². The Morgan fingerprint density at radius 1 is 1.30 bits per heavy atom. The van der Waals surface area contributed by atoms with Crippen LogP contribution in [0.2, 0.25) is 0 Å². The maximum absolute atomic E-state index is 12.6. The van der Waals surface area contributed by atoms with E-state index in [2.05, 4.69) is 10.4 Å². The molecule has 20 heavy (non-hydrogen) atoms. The summed E-state index contributed by atoms with van der Waals surface area (Å²) in [5.41, 5.74) is 1.39. The molecule has 1 fully saturated rings. The number of carbonyl (C=O) groups is 2. The topological polar surface area (TPSA) is 67.2 Å². The van der Waals surface area contributed by atoms with E-state index in [0.29, 0.717) is 31.7 Å². The Kier molecular flexibility index (Phi) is 3.14. The predicted octanol–water partition coefficient (Wildman–Crippen LogP) is 0.535. The second-order valence-electron chi connectivity index (χ2n) is 4.88. The first-order chi connectivity index (χ1) is 9.66. The summed E-state index contributed by atoms with van der Waals surface area (Å²) in [5.74, 6) is -0.121. The number of amides is 2. The van der Waals surface area contributed by atoms with Crippen molar-refractivity contribution in [2.24, 2.45) is 7.05 Å². The van der Waals surface area contributed by atoms with Gasteiger partial charge in [0, 0.05) is 38.5 Å². The number of rotatable bonds is 1. The van der Waals surface area contributed by atoms with Crippen LogP contribution in [-0.4, -0.2) is 46.1 Å². The number of hydrogen-bond acceptors (Lipinski definition) is 3. The van der Waals surface area contributed by atoms with Gasteiger partial charge in [0.1, 0.15) is 0 Å². The molecule has 1 aliphatic rings. The zero-order valence-corrected chi connectivity index (χ0v) is 11.3. The molecule has 0 unspecified atom stereocenters. The van der Waals surface area contributed by atoms with Crippen LogP contribution in [0.5, 0.6) is 0 Å². The SMILES string of the molecule is Cn1nc(C(=O)N2CCNC(=O)CC2)c2ccccc21. The van der Waals surface area contributed by atoms with Crippen LogP contribution >= 0.6 is 0 Å². The first-order valence-corrected chi connectivity index (χ1v) is 6.64. The molecule has 0 atom stereocenters. The Hall–Kier alpha value is -2.37. The number of aryl methyl sites for hydroxylation is 1. The third kappa shape index (κ3) is 2.13. The normalized spacial score (nSPS) is 16.1. The number of carbonyl (C=O) groups excluding carboxylic acids is 2. The van der Waals surface area contributed by atoms with Gasteiger partial charge in [-0.05, 0) is 6.07 Å². The second-order valence-corrected chi connectivity index (χ2v) is 4.88. The van der Waals surface area contributed by atoms with Crippen molar-refractivity contribution in [3.8, 4) is 0 Å². The highest BCUT2D eigenvalue weighted by molar-refractivity contribution is 6.05. The van der Waals surface area contributed by atoms with Gasteiger partial charge in [0.15, 0.2) is 5.69 Å². The van der Waals surface area contributed by atoms with Gasteiger partial charge in [0.05, 0.1) is 5.52 Å². The molecule has 1 aliphatic heterocycles. The van der Waals surface area contributed by atoms with Crippen molar-refractivity contribution in [2.45, 2.75) is 6.42 Å². The molecule has 0 spiro atoms. The molecule has 1 saturated heterocycles. The number of fused-ring (bicyclic) bond motifs is 1. The lowest BCUT2D eigenvalue weighted by Crippen LogP contribution is -2.34. The van der Waals surface area contributed by atoms with E-state index in [9.17, 15) is 9.59 Å². The molecule has 1 N–H and O–H groups in total. The first kappa shape index (κ1) is 12.7. The minimum atomic E-state index is -0.113. The number of benzene rings is 1. The van der Waals surface area contributed by atoms with Gasteiger partial charge in [-0.1, -0.05) is 18.2 Å². The summed E-state index contributed by atoms with van der Waals surface area (Å²) in [4.78, 5) is 25.6. The molecular weight excluding hydrogens is 256 g/mol. The number of hydrogen-bond donors (Lipinski definition) is 1. The van der Waals surface area contributed by atoms with Crippen LogP contribution in [0.3, 0.4) is 0 Å². The molecule has 0 saturated carbocycles. The van der Waals surface area contributed by atoms with Crippen molar-refractivity contribution in [1.29, 1.82) is 0 Å². The average molecular weight is 272 g/mol. The molecule has 1 aromatic carbocycles. The fourth-order valence-electron chi connectivity index (χ4n) is 2.49. The summed E-state index contributed by atoms with van der Waals surface area (Å²) >= 11 is 0. The zero-order valence-electron chi connectivity index (χ0n) is 11.3. The lowest BCUT2D eigenvalue weighted by Gasteiger charge is -2.18. The summed E-state index contributed by atoms with van der Waals surface area (Å²) in [6.07, 6.45) is 0.344. The fraction of sp³-hybridized carbons (Fsp3) is 0.357. The van der Waals surface area contributed by atoms with Gasteiger partial charge >= 0.3 is 0 Å². The van der Waals surface area contributed by atoms with Crippen molar-refractivity contribution in [3.05, 3.63) is 30.0 Å². The van der Waals surface area contributed by atoms with Crippen LogP contribution in [0.4, 0.5) is 0 Å². The molecule has 6 heteroatoms. The standard InChI is InChI=1S/C14H16N4O2/c1-17-11-5-3-2-4-10(11)13(16-17)14(20)18-8-6-12(19)15-7-9-18/h2-5H,6-9H2,1H3,(H,15,19). The van der Waals surface area contributed by atoms with E-state index in [1.807, 2.05) is 31.3 Å². The van der Waals surface area contributed by atoms with Gasteiger partial charge in [-0.3, -0.25) is 14.3 Å². The molecule has 104 valence electrons. The van der Waals surface area contributed by atoms with Gasteiger partial charge in [0.2, 0.25) is 5.91 Å². The van der Waals surface area contributed by atoms with Crippen molar-refractivity contribution in [2.75, 3.05) is 19.6 Å². The van der Waals surface area contributed by atoms with Crippen LogP contribution in [0.25, 0.3) is 10.9 Å². The molecule has 3 rings (SSSR count). The van der Waals surface area contributed by atoms with Gasteiger partial charge in [-0.2, -0.15) is 5.10 Å². The van der Waals surface area contributed by atoms with Crippen molar-refractivity contribution in [1.82, 2.24) is 20.0 Å². The molecular formula is C14H16N4O2. The van der Waals surface area contributed by atoms with Gasteiger partial charge in [-0.25, -0.2) is 0 Å². The highest BCUT2D eigenvalue weighted by Crippen LogP contribution is 2.19. The molecule has 0 radical (unpaired) electrons. The number of para-hydroxylation sites is 1. The van der Waals surface area contributed by atoms with Crippen LogP contribution < -0.4 is 5.32 Å². The summed E-state index contributed by atoms with van der Waals surface area (Å²) in [6.45, 7) is 1.46. The van der Waals surface area contributed by atoms with Gasteiger partial charge < -0.3 is 10.2 Å². The van der Waals surface area contributed by atoms with E-state index < -0.39 is 0 Å². The summed E-state index contributed by atoms with van der Waals surface area (Å²) in [7, 11) is 1.83. The van der Waals surface area contributed by atoms with E-state index in [1.165, 1.54) is 0 Å². The molecule has 2 aromatic rings. The largest absolute Gasteiger partial charge is 0.354 e. The minimum Gasteiger partial charge on any atom is -0.354 e. The Balaban J connectivity index is 1.94. The fourth-order valence-corrected chi connectivity index (χ4v) is 2.49. The van der Waals surface area contributed by atoms with E-state index in [0.717, 1.165) is 10.9 Å². The summed E-state index contributed by atoms with van der Waals surface area (Å²) in [6, 6.07) is 7.66. The van der Waals surface area contributed by atoms with Crippen molar-refractivity contribution < 1.29 is 9.59 Å². The Labute approximate surface area is 116 Å². The molecule has 0 bridgehead atoms. The van der Waals surface area contributed by atoms with Crippen LogP contribution in [0.1, 0.15) is 16.9 Å². The van der Waals surface area contributed by atoms with E-state index in [4.69, 9.17) is 0 Å². The first-order valence-electron chi connectivity index (χ1n) is 6.64. The van der Waals surface area contributed by atoms with Crippen LogP contribution in [0.15, 0.2) is 24.3 Å². The molecule has 0 aliphatic carbocycles.